The van der Waals surface area contributed by atoms with Crippen LogP contribution in [0.3, 0.4) is 0 Å². The van der Waals surface area contributed by atoms with E-state index >= 15 is 0 Å². The summed E-state index contributed by atoms with van der Waals surface area (Å²) in [5.41, 5.74) is 2.85. The summed E-state index contributed by atoms with van der Waals surface area (Å²) in [4.78, 5) is 0. The molecular weight excluding hydrogens is 222 g/mol. The second-order valence-corrected chi connectivity index (χ2v) is 5.77. The maximum atomic E-state index is 5.59. The number of hydrogen-bond acceptors (Lipinski definition) is 2. The third-order valence-corrected chi connectivity index (χ3v) is 4.29. The zero-order chi connectivity index (χ0) is 12.5. The average molecular weight is 245 g/mol. The van der Waals surface area contributed by atoms with Crippen LogP contribution >= 0.6 is 0 Å². The van der Waals surface area contributed by atoms with Gasteiger partial charge in [0.25, 0.3) is 0 Å². The highest BCUT2D eigenvalue weighted by atomic mass is 16.5. The summed E-state index contributed by atoms with van der Waals surface area (Å²) in [5.74, 6) is 2.80. The van der Waals surface area contributed by atoms with E-state index in [1.165, 1.54) is 24.0 Å². The van der Waals surface area contributed by atoms with Gasteiger partial charge in [-0.05, 0) is 48.4 Å². The van der Waals surface area contributed by atoms with Gasteiger partial charge in [0.05, 0.1) is 6.61 Å². The van der Waals surface area contributed by atoms with Gasteiger partial charge in [0.2, 0.25) is 0 Å². The SMILES string of the molecule is CCCNC(c1ccc2c(c1)CCO2)C1CC1C. The first-order chi connectivity index (χ1) is 8.79. The molecule has 3 atom stereocenters. The fourth-order valence-electron chi connectivity index (χ4n) is 3.03. The summed E-state index contributed by atoms with van der Waals surface area (Å²) >= 11 is 0. The van der Waals surface area contributed by atoms with Crippen molar-refractivity contribution in [2.75, 3.05) is 13.2 Å². The van der Waals surface area contributed by atoms with Crippen LogP contribution in [-0.4, -0.2) is 13.2 Å². The molecule has 0 aromatic heterocycles. The van der Waals surface area contributed by atoms with Crippen LogP contribution in [0.1, 0.15) is 43.9 Å². The molecule has 1 aromatic rings. The average Bonchev–Trinajstić information content (AvgIpc) is 2.92. The van der Waals surface area contributed by atoms with E-state index in [0.717, 1.165) is 37.2 Å². The number of ether oxygens (including phenoxy) is 1. The van der Waals surface area contributed by atoms with Crippen LogP contribution in [0, 0.1) is 11.8 Å². The Kier molecular flexibility index (Phi) is 3.29. The number of nitrogens with one attached hydrogen (secondary N) is 1. The van der Waals surface area contributed by atoms with Crippen molar-refractivity contribution in [1.82, 2.24) is 5.32 Å². The van der Waals surface area contributed by atoms with Gasteiger partial charge in [0.1, 0.15) is 5.75 Å². The van der Waals surface area contributed by atoms with Crippen LogP contribution in [-0.2, 0) is 6.42 Å². The van der Waals surface area contributed by atoms with Gasteiger partial charge in [0.15, 0.2) is 0 Å². The molecule has 0 spiro atoms. The Bertz CT molecular complexity index is 429. The number of hydrogen-bond donors (Lipinski definition) is 1. The van der Waals surface area contributed by atoms with Gasteiger partial charge in [0, 0.05) is 12.5 Å². The Balaban J connectivity index is 1.80. The Morgan fingerprint density at radius 1 is 1.44 bits per heavy atom. The summed E-state index contributed by atoms with van der Waals surface area (Å²) < 4.78 is 5.59. The van der Waals surface area contributed by atoms with Crippen molar-refractivity contribution < 1.29 is 4.74 Å². The maximum absolute atomic E-state index is 5.59. The predicted octanol–water partition coefficient (Wildman–Crippen LogP) is 3.32. The van der Waals surface area contributed by atoms with Crippen LogP contribution in [0.4, 0.5) is 0 Å². The number of fused-ring (bicyclic) bond motifs is 1. The standard InChI is InChI=1S/C16H23NO/c1-3-7-17-16(14-9-11(14)2)13-4-5-15-12(10-13)6-8-18-15/h4-5,10-11,14,16-17H,3,6-9H2,1-2H3. The molecule has 2 nitrogen and oxygen atoms in total. The molecule has 1 N–H and O–H groups in total. The Morgan fingerprint density at radius 3 is 3.00 bits per heavy atom. The largest absolute Gasteiger partial charge is 0.493 e. The number of rotatable bonds is 5. The molecule has 1 aliphatic heterocycles. The van der Waals surface area contributed by atoms with Gasteiger partial charge in [-0.3, -0.25) is 0 Å². The lowest BCUT2D eigenvalue weighted by Gasteiger charge is -2.19. The van der Waals surface area contributed by atoms with Crippen molar-refractivity contribution in [3.63, 3.8) is 0 Å². The molecule has 3 unspecified atom stereocenters. The molecule has 0 bridgehead atoms. The third-order valence-electron chi connectivity index (χ3n) is 4.29. The van der Waals surface area contributed by atoms with E-state index in [0.29, 0.717) is 6.04 Å². The van der Waals surface area contributed by atoms with Crippen LogP contribution in [0.5, 0.6) is 5.75 Å². The fraction of sp³-hybridized carbons (Fsp3) is 0.625. The molecule has 1 saturated carbocycles. The third kappa shape index (κ3) is 2.26. The predicted molar refractivity (Wildman–Crippen MR) is 73.9 cm³/mol. The molecule has 3 rings (SSSR count). The van der Waals surface area contributed by atoms with Crippen LogP contribution in [0.2, 0.25) is 0 Å². The minimum absolute atomic E-state index is 0.547. The maximum Gasteiger partial charge on any atom is 0.122 e. The van der Waals surface area contributed by atoms with Crippen molar-refractivity contribution in [3.05, 3.63) is 29.3 Å². The van der Waals surface area contributed by atoms with Crippen molar-refractivity contribution >= 4 is 0 Å². The topological polar surface area (TPSA) is 21.3 Å². The zero-order valence-corrected chi connectivity index (χ0v) is 11.4. The highest BCUT2D eigenvalue weighted by molar-refractivity contribution is 5.41. The molecule has 0 amide bonds. The normalized spacial score (nSPS) is 26.6. The Morgan fingerprint density at radius 2 is 2.28 bits per heavy atom. The van der Waals surface area contributed by atoms with Crippen molar-refractivity contribution in [2.24, 2.45) is 11.8 Å². The minimum Gasteiger partial charge on any atom is -0.493 e. The lowest BCUT2D eigenvalue weighted by molar-refractivity contribution is 0.356. The molecule has 2 aliphatic rings. The molecular formula is C16H23NO. The number of benzene rings is 1. The minimum atomic E-state index is 0.547. The van der Waals surface area contributed by atoms with Crippen LogP contribution < -0.4 is 10.1 Å². The Hall–Kier alpha value is -1.02. The van der Waals surface area contributed by atoms with Gasteiger partial charge in [-0.15, -0.1) is 0 Å². The van der Waals surface area contributed by atoms with Crippen LogP contribution in [0.25, 0.3) is 0 Å². The molecule has 2 heteroatoms. The Labute approximate surface area is 110 Å². The first-order valence-electron chi connectivity index (χ1n) is 7.28. The molecule has 1 aliphatic carbocycles. The summed E-state index contributed by atoms with van der Waals surface area (Å²) in [7, 11) is 0. The summed E-state index contributed by atoms with van der Waals surface area (Å²) in [6.07, 6.45) is 3.64. The van der Waals surface area contributed by atoms with Gasteiger partial charge in [-0.1, -0.05) is 26.0 Å². The first-order valence-corrected chi connectivity index (χ1v) is 7.28. The zero-order valence-electron chi connectivity index (χ0n) is 11.4. The fourth-order valence-corrected chi connectivity index (χ4v) is 3.03. The molecule has 1 aromatic carbocycles. The lowest BCUT2D eigenvalue weighted by Crippen LogP contribution is -2.24. The lowest BCUT2D eigenvalue weighted by atomic mass is 9.98. The summed E-state index contributed by atoms with van der Waals surface area (Å²) in [6.45, 7) is 6.56. The van der Waals surface area contributed by atoms with Gasteiger partial charge in [-0.25, -0.2) is 0 Å². The monoisotopic (exact) mass is 245 g/mol. The second-order valence-electron chi connectivity index (χ2n) is 5.77. The summed E-state index contributed by atoms with van der Waals surface area (Å²) in [6, 6.07) is 7.32. The molecule has 18 heavy (non-hydrogen) atoms. The smallest absolute Gasteiger partial charge is 0.122 e. The van der Waals surface area contributed by atoms with E-state index in [9.17, 15) is 0 Å². The van der Waals surface area contributed by atoms with Crippen LogP contribution in [0.15, 0.2) is 18.2 Å². The highest BCUT2D eigenvalue weighted by Crippen LogP contribution is 2.47. The molecule has 1 fully saturated rings. The van der Waals surface area contributed by atoms with E-state index in [2.05, 4.69) is 37.4 Å². The first kappa shape index (κ1) is 12.0. The van der Waals surface area contributed by atoms with Gasteiger partial charge < -0.3 is 10.1 Å². The molecule has 1 heterocycles. The highest BCUT2D eigenvalue weighted by Gasteiger charge is 2.40. The van der Waals surface area contributed by atoms with Gasteiger partial charge in [-0.2, -0.15) is 0 Å². The van der Waals surface area contributed by atoms with E-state index < -0.39 is 0 Å². The summed E-state index contributed by atoms with van der Waals surface area (Å²) in [5, 5.41) is 3.73. The van der Waals surface area contributed by atoms with E-state index in [4.69, 9.17) is 4.74 Å². The van der Waals surface area contributed by atoms with E-state index in [-0.39, 0.29) is 0 Å². The van der Waals surface area contributed by atoms with E-state index in [1.54, 1.807) is 0 Å². The van der Waals surface area contributed by atoms with Crippen molar-refractivity contribution in [1.29, 1.82) is 0 Å². The molecule has 0 saturated heterocycles. The quantitative estimate of drug-likeness (QED) is 0.859. The van der Waals surface area contributed by atoms with Crippen molar-refractivity contribution in [2.45, 2.75) is 39.2 Å². The van der Waals surface area contributed by atoms with Crippen molar-refractivity contribution in [3.8, 4) is 5.75 Å². The molecule has 0 radical (unpaired) electrons. The second kappa shape index (κ2) is 4.93. The molecule has 98 valence electrons. The van der Waals surface area contributed by atoms with Gasteiger partial charge >= 0.3 is 0 Å². The van der Waals surface area contributed by atoms with E-state index in [1.807, 2.05) is 0 Å².